The van der Waals surface area contributed by atoms with Crippen LogP contribution in [0, 0.1) is 18.2 Å². The largest absolute Gasteiger partial charge is 0.491 e. The molecule has 0 saturated carbocycles. The first-order valence-corrected chi connectivity index (χ1v) is 13.0. The summed E-state index contributed by atoms with van der Waals surface area (Å²) in [5.74, 6) is 0.547. The van der Waals surface area contributed by atoms with Crippen molar-refractivity contribution in [1.82, 2.24) is 9.97 Å². The molecule has 7 nitrogen and oxygen atoms in total. The van der Waals surface area contributed by atoms with Crippen molar-refractivity contribution in [3.63, 3.8) is 0 Å². The maximum atomic E-state index is 15.1. The fourth-order valence-electron chi connectivity index (χ4n) is 5.33. The van der Waals surface area contributed by atoms with E-state index in [2.05, 4.69) is 22.0 Å². The molecule has 2 aliphatic rings. The standard InChI is InChI=1S/C29H37FN4O3/c1-5-9-21(36)15-37-22-10-11-24(30)23(14-22)27-32-26(25(19(3)31)20(4)35)18(2)28(33-27)34-16-29(17-34)12-7-6-8-13-29/h6-7,10-11,14,21,36H,5,8-9,12-13,15-17,31H2,1-4H3/t21-/m1/s1. The lowest BCUT2D eigenvalue weighted by Crippen LogP contribution is -2.57. The van der Waals surface area contributed by atoms with Crippen molar-refractivity contribution in [3.8, 4) is 17.1 Å². The first-order valence-electron chi connectivity index (χ1n) is 13.0. The Kier molecular flexibility index (Phi) is 7.97. The zero-order valence-corrected chi connectivity index (χ0v) is 22.2. The highest BCUT2D eigenvalue weighted by Gasteiger charge is 2.43. The first-order chi connectivity index (χ1) is 17.6. The minimum Gasteiger partial charge on any atom is -0.491 e. The molecule has 1 saturated heterocycles. The van der Waals surface area contributed by atoms with E-state index in [0.29, 0.717) is 35.0 Å². The van der Waals surface area contributed by atoms with E-state index in [-0.39, 0.29) is 29.2 Å². The van der Waals surface area contributed by atoms with Crippen molar-refractivity contribution in [2.75, 3.05) is 24.6 Å². The summed E-state index contributed by atoms with van der Waals surface area (Å²) in [5.41, 5.74) is 8.34. The molecule has 2 aromatic rings. The minimum atomic E-state index is -0.600. The van der Waals surface area contributed by atoms with E-state index in [0.717, 1.165) is 44.3 Å². The van der Waals surface area contributed by atoms with E-state index in [1.165, 1.54) is 19.1 Å². The average molecular weight is 509 g/mol. The predicted octanol–water partition coefficient (Wildman–Crippen LogP) is 4.96. The number of benzene rings is 1. The van der Waals surface area contributed by atoms with Gasteiger partial charge in [-0.2, -0.15) is 0 Å². The maximum absolute atomic E-state index is 15.1. The summed E-state index contributed by atoms with van der Waals surface area (Å²) in [6, 6.07) is 4.37. The van der Waals surface area contributed by atoms with Gasteiger partial charge in [-0.1, -0.05) is 25.5 Å². The number of hydrogen-bond acceptors (Lipinski definition) is 7. The zero-order chi connectivity index (χ0) is 26.7. The van der Waals surface area contributed by atoms with E-state index in [9.17, 15) is 9.90 Å². The second kappa shape index (κ2) is 11.0. The quantitative estimate of drug-likeness (QED) is 0.365. The monoisotopic (exact) mass is 508 g/mol. The number of rotatable bonds is 9. The fourth-order valence-corrected chi connectivity index (χ4v) is 5.33. The molecule has 0 amide bonds. The number of anilines is 1. The van der Waals surface area contributed by atoms with Crippen molar-refractivity contribution < 1.29 is 19.0 Å². The van der Waals surface area contributed by atoms with E-state index >= 15 is 4.39 Å². The molecule has 3 N–H and O–H groups in total. The molecule has 1 aromatic carbocycles. The van der Waals surface area contributed by atoms with Crippen LogP contribution in [0.3, 0.4) is 0 Å². The van der Waals surface area contributed by atoms with Crippen LogP contribution in [0.15, 0.2) is 36.0 Å². The van der Waals surface area contributed by atoms with Gasteiger partial charge in [0.25, 0.3) is 0 Å². The third-order valence-electron chi connectivity index (χ3n) is 7.26. The molecule has 0 radical (unpaired) electrons. The lowest BCUT2D eigenvalue weighted by atomic mass is 9.71. The van der Waals surface area contributed by atoms with E-state index in [1.54, 1.807) is 13.0 Å². The first kappa shape index (κ1) is 26.8. The smallest absolute Gasteiger partial charge is 0.165 e. The molecule has 37 heavy (non-hydrogen) atoms. The summed E-state index contributed by atoms with van der Waals surface area (Å²) in [6.45, 7) is 8.79. The van der Waals surface area contributed by atoms with Gasteiger partial charge in [0.2, 0.25) is 0 Å². The number of halogens is 1. The molecule has 0 bridgehead atoms. The number of carbonyl (C=O) groups excluding carboxylic acids is 1. The molecular formula is C29H37FN4O3. The highest BCUT2D eigenvalue weighted by atomic mass is 19.1. The van der Waals surface area contributed by atoms with Crippen molar-refractivity contribution >= 4 is 17.2 Å². The van der Waals surface area contributed by atoms with Gasteiger partial charge in [-0.15, -0.1) is 0 Å². The molecule has 1 aliphatic heterocycles. The van der Waals surface area contributed by atoms with Gasteiger partial charge in [0.05, 0.1) is 22.9 Å². The molecule has 1 spiro atoms. The zero-order valence-electron chi connectivity index (χ0n) is 22.2. The number of ketones is 1. The predicted molar refractivity (Wildman–Crippen MR) is 144 cm³/mol. The Morgan fingerprint density at radius 1 is 1.27 bits per heavy atom. The number of nitrogens with two attached hydrogens (primary N) is 1. The van der Waals surface area contributed by atoms with E-state index < -0.39 is 11.9 Å². The van der Waals surface area contributed by atoms with E-state index in [4.69, 9.17) is 15.5 Å². The molecule has 1 fully saturated rings. The van der Waals surface area contributed by atoms with Crippen molar-refractivity contribution in [2.24, 2.45) is 11.1 Å². The normalized spacial score (nSPS) is 17.8. The Hall–Kier alpha value is -3.26. The summed E-state index contributed by atoms with van der Waals surface area (Å²) >= 11 is 0. The summed E-state index contributed by atoms with van der Waals surface area (Å²) in [6.07, 6.45) is 8.56. The molecule has 198 valence electrons. The number of carbonyl (C=O) groups is 1. The fraction of sp³-hybridized carbons (Fsp3) is 0.483. The molecule has 0 unspecified atom stereocenters. The topological polar surface area (TPSA) is 102 Å². The molecule has 1 aromatic heterocycles. The second-order valence-corrected chi connectivity index (χ2v) is 10.4. The number of aliphatic hydroxyl groups is 1. The van der Waals surface area contributed by atoms with Gasteiger partial charge in [0, 0.05) is 29.8 Å². The van der Waals surface area contributed by atoms with Crippen LogP contribution in [-0.2, 0) is 4.79 Å². The van der Waals surface area contributed by atoms with Gasteiger partial charge in [-0.3, -0.25) is 4.79 Å². The number of ether oxygens (including phenoxy) is 1. The summed E-state index contributed by atoms with van der Waals surface area (Å²) in [4.78, 5) is 24.2. The lowest BCUT2D eigenvalue weighted by Gasteiger charge is -2.52. The number of aromatic nitrogens is 2. The SMILES string of the molecule is CCC[C@@H](O)COc1ccc(F)c(-c2nc(C(C(C)=O)=C(C)N)c(C)c(N3CC4(CC=CCC4)C3)n2)c1. The second-order valence-electron chi connectivity index (χ2n) is 10.4. The van der Waals surface area contributed by atoms with Gasteiger partial charge < -0.3 is 20.5 Å². The van der Waals surface area contributed by atoms with Crippen LogP contribution in [0.1, 0.15) is 64.1 Å². The van der Waals surface area contributed by atoms with Gasteiger partial charge in [0.15, 0.2) is 11.6 Å². The molecule has 1 atom stereocenters. The Labute approximate surface area is 218 Å². The van der Waals surface area contributed by atoms with Crippen LogP contribution >= 0.6 is 0 Å². The van der Waals surface area contributed by atoms with Crippen molar-refractivity contribution in [3.05, 3.63) is 53.1 Å². The van der Waals surface area contributed by atoms with Crippen LogP contribution in [0.5, 0.6) is 5.75 Å². The Morgan fingerprint density at radius 2 is 2.03 bits per heavy atom. The molecule has 1 aliphatic carbocycles. The third-order valence-corrected chi connectivity index (χ3v) is 7.26. The highest BCUT2D eigenvalue weighted by molar-refractivity contribution is 6.20. The summed E-state index contributed by atoms with van der Waals surface area (Å²) in [7, 11) is 0. The number of hydrogen-bond donors (Lipinski definition) is 2. The van der Waals surface area contributed by atoms with Crippen LogP contribution in [-0.4, -0.2) is 46.7 Å². The van der Waals surface area contributed by atoms with Gasteiger partial charge in [0.1, 0.15) is 24.0 Å². The number of Topliss-reactive ketones (excluding diaryl/α,β-unsaturated/α-hetero) is 1. The Balaban J connectivity index is 1.76. The van der Waals surface area contributed by atoms with Crippen LogP contribution < -0.4 is 15.4 Å². The maximum Gasteiger partial charge on any atom is 0.165 e. The number of aliphatic hydroxyl groups excluding tert-OH is 1. The molecular weight excluding hydrogens is 471 g/mol. The lowest BCUT2D eigenvalue weighted by molar-refractivity contribution is -0.111. The van der Waals surface area contributed by atoms with Gasteiger partial charge >= 0.3 is 0 Å². The highest BCUT2D eigenvalue weighted by Crippen LogP contribution is 2.44. The van der Waals surface area contributed by atoms with Crippen molar-refractivity contribution in [2.45, 2.75) is 65.9 Å². The summed E-state index contributed by atoms with van der Waals surface area (Å²) in [5, 5.41) is 10.0. The van der Waals surface area contributed by atoms with E-state index in [1.807, 2.05) is 13.8 Å². The molecule has 4 rings (SSSR count). The summed E-state index contributed by atoms with van der Waals surface area (Å²) < 4.78 is 20.9. The van der Waals surface area contributed by atoms with Crippen molar-refractivity contribution in [1.29, 1.82) is 0 Å². The van der Waals surface area contributed by atoms with Gasteiger partial charge in [-0.25, -0.2) is 14.4 Å². The van der Waals surface area contributed by atoms with Crippen LogP contribution in [0.4, 0.5) is 10.2 Å². The molecule has 2 heterocycles. The minimum absolute atomic E-state index is 0.109. The van der Waals surface area contributed by atoms with Gasteiger partial charge in [-0.05, 0) is 64.7 Å². The third kappa shape index (κ3) is 5.69. The Morgan fingerprint density at radius 3 is 2.65 bits per heavy atom. The van der Waals surface area contributed by atoms with Crippen LogP contribution in [0.2, 0.25) is 0 Å². The molecule has 8 heteroatoms. The van der Waals surface area contributed by atoms with Crippen LogP contribution in [0.25, 0.3) is 17.0 Å². The Bertz CT molecular complexity index is 1230. The number of allylic oxidation sites excluding steroid dienone is 4. The number of nitrogens with zero attached hydrogens (tertiary/aromatic N) is 3. The average Bonchev–Trinajstić information content (AvgIpc) is 2.83.